The average molecular weight is 292 g/mol. The van der Waals surface area contributed by atoms with Gasteiger partial charge in [0.25, 0.3) is 0 Å². The van der Waals surface area contributed by atoms with Gasteiger partial charge in [0.1, 0.15) is 5.75 Å². The number of rotatable bonds is 11. The molecule has 21 heavy (non-hydrogen) atoms. The molecule has 3 heteroatoms. The van der Waals surface area contributed by atoms with Crippen LogP contribution in [0.15, 0.2) is 24.3 Å². The van der Waals surface area contributed by atoms with Crippen molar-refractivity contribution in [1.82, 2.24) is 0 Å². The van der Waals surface area contributed by atoms with Crippen LogP contribution in [-0.2, 0) is 16.0 Å². The van der Waals surface area contributed by atoms with Crippen molar-refractivity contribution in [1.29, 1.82) is 0 Å². The third kappa shape index (κ3) is 8.38. The summed E-state index contributed by atoms with van der Waals surface area (Å²) in [4.78, 5) is 11.1. The van der Waals surface area contributed by atoms with E-state index in [0.29, 0.717) is 13.0 Å². The molecule has 0 spiro atoms. The molecule has 1 aromatic rings. The molecule has 0 aliphatic carbocycles. The maximum Gasteiger partial charge on any atom is 0.305 e. The van der Waals surface area contributed by atoms with Crippen LogP contribution in [0.5, 0.6) is 5.75 Å². The number of hydrogen-bond acceptors (Lipinski definition) is 3. The molecule has 0 aliphatic heterocycles. The van der Waals surface area contributed by atoms with E-state index in [9.17, 15) is 4.79 Å². The average Bonchev–Trinajstić information content (AvgIpc) is 2.51. The number of carbonyl (C=O) groups is 1. The monoisotopic (exact) mass is 292 g/mol. The van der Waals surface area contributed by atoms with E-state index in [1.807, 2.05) is 19.1 Å². The molecule has 0 fully saturated rings. The van der Waals surface area contributed by atoms with Crippen molar-refractivity contribution in [2.45, 2.75) is 58.3 Å². The van der Waals surface area contributed by atoms with Crippen molar-refractivity contribution in [3.05, 3.63) is 29.8 Å². The van der Waals surface area contributed by atoms with Gasteiger partial charge < -0.3 is 9.47 Å². The van der Waals surface area contributed by atoms with Gasteiger partial charge in [0.2, 0.25) is 0 Å². The van der Waals surface area contributed by atoms with E-state index in [1.54, 1.807) is 7.11 Å². The van der Waals surface area contributed by atoms with Crippen molar-refractivity contribution < 1.29 is 14.3 Å². The molecule has 1 aromatic carbocycles. The van der Waals surface area contributed by atoms with Crippen LogP contribution < -0.4 is 4.74 Å². The first-order valence-electron chi connectivity index (χ1n) is 8.04. The topological polar surface area (TPSA) is 35.5 Å². The second kappa shape index (κ2) is 11.2. The smallest absolute Gasteiger partial charge is 0.305 e. The summed E-state index contributed by atoms with van der Waals surface area (Å²) in [6.45, 7) is 2.34. The highest BCUT2D eigenvalue weighted by Crippen LogP contribution is 2.14. The lowest BCUT2D eigenvalue weighted by atomic mass is 10.0. The van der Waals surface area contributed by atoms with E-state index < -0.39 is 0 Å². The molecule has 0 N–H and O–H groups in total. The fraction of sp³-hybridized carbons (Fsp3) is 0.611. The number of carbonyl (C=O) groups excluding carboxylic acids is 1. The molecule has 0 radical (unpaired) electrons. The van der Waals surface area contributed by atoms with E-state index in [-0.39, 0.29) is 5.97 Å². The Morgan fingerprint density at radius 3 is 2.19 bits per heavy atom. The van der Waals surface area contributed by atoms with E-state index in [0.717, 1.165) is 25.0 Å². The molecular formula is C18H28O3. The van der Waals surface area contributed by atoms with Gasteiger partial charge >= 0.3 is 5.97 Å². The third-order valence-corrected chi connectivity index (χ3v) is 3.56. The minimum Gasteiger partial charge on any atom is -0.497 e. The van der Waals surface area contributed by atoms with Crippen molar-refractivity contribution in [2.75, 3.05) is 13.7 Å². The maximum atomic E-state index is 11.1. The predicted molar refractivity (Wildman–Crippen MR) is 85.7 cm³/mol. The Kier molecular flexibility index (Phi) is 9.34. The summed E-state index contributed by atoms with van der Waals surface area (Å²) in [5.74, 6) is 0.859. The molecule has 1 rings (SSSR count). The lowest BCUT2D eigenvalue weighted by Crippen LogP contribution is -2.03. The largest absolute Gasteiger partial charge is 0.497 e. The Morgan fingerprint density at radius 1 is 0.952 bits per heavy atom. The van der Waals surface area contributed by atoms with Crippen LogP contribution in [0.2, 0.25) is 0 Å². The van der Waals surface area contributed by atoms with Gasteiger partial charge in [-0.2, -0.15) is 0 Å². The van der Waals surface area contributed by atoms with Crippen LogP contribution in [0.1, 0.15) is 57.4 Å². The molecule has 0 atom stereocenters. The number of benzene rings is 1. The summed E-state index contributed by atoms with van der Waals surface area (Å²) < 4.78 is 10.1. The lowest BCUT2D eigenvalue weighted by molar-refractivity contribution is -0.143. The summed E-state index contributed by atoms with van der Waals surface area (Å²) in [7, 11) is 1.69. The van der Waals surface area contributed by atoms with Crippen LogP contribution in [0.25, 0.3) is 0 Å². The lowest BCUT2D eigenvalue weighted by Gasteiger charge is -2.04. The van der Waals surface area contributed by atoms with Gasteiger partial charge in [0.15, 0.2) is 0 Å². The molecule has 0 aromatic heterocycles. The molecular weight excluding hydrogens is 264 g/mol. The Balaban J connectivity index is 1.95. The normalized spacial score (nSPS) is 10.4. The predicted octanol–water partition coefficient (Wildman–Crippen LogP) is 4.53. The molecule has 118 valence electrons. The zero-order valence-electron chi connectivity index (χ0n) is 13.4. The van der Waals surface area contributed by atoms with Gasteiger partial charge in [0.05, 0.1) is 13.7 Å². The van der Waals surface area contributed by atoms with Crippen molar-refractivity contribution in [2.24, 2.45) is 0 Å². The Morgan fingerprint density at radius 2 is 1.57 bits per heavy atom. The molecule has 0 unspecified atom stereocenters. The molecule has 0 heterocycles. The highest BCUT2D eigenvalue weighted by atomic mass is 16.5. The fourth-order valence-electron chi connectivity index (χ4n) is 2.33. The fourth-order valence-corrected chi connectivity index (χ4v) is 2.33. The highest BCUT2D eigenvalue weighted by Gasteiger charge is 2.00. The first-order valence-corrected chi connectivity index (χ1v) is 8.04. The molecule has 0 aliphatic rings. The minimum absolute atomic E-state index is 0.0583. The summed E-state index contributed by atoms with van der Waals surface area (Å²) in [5, 5.41) is 0. The third-order valence-electron chi connectivity index (χ3n) is 3.56. The number of methoxy groups -OCH3 is 1. The van der Waals surface area contributed by atoms with Crippen molar-refractivity contribution in [3.63, 3.8) is 0 Å². The molecule has 0 amide bonds. The SMILES string of the molecule is CCOC(=O)CCCCCCCCc1ccc(OC)cc1. The van der Waals surface area contributed by atoms with Gasteiger partial charge in [-0.25, -0.2) is 0 Å². The number of ether oxygens (including phenoxy) is 2. The van der Waals surface area contributed by atoms with Crippen LogP contribution in [0, 0.1) is 0 Å². The van der Waals surface area contributed by atoms with Gasteiger partial charge in [0, 0.05) is 6.42 Å². The zero-order chi connectivity index (χ0) is 15.3. The van der Waals surface area contributed by atoms with E-state index >= 15 is 0 Å². The zero-order valence-corrected chi connectivity index (χ0v) is 13.4. The molecule has 0 saturated carbocycles. The maximum absolute atomic E-state index is 11.1. The summed E-state index contributed by atoms with van der Waals surface area (Å²) in [6, 6.07) is 8.31. The summed E-state index contributed by atoms with van der Waals surface area (Å²) in [5.41, 5.74) is 1.37. The first-order chi connectivity index (χ1) is 10.3. The van der Waals surface area contributed by atoms with E-state index in [4.69, 9.17) is 9.47 Å². The number of aryl methyl sites for hydroxylation is 1. The first kappa shape index (κ1) is 17.5. The van der Waals surface area contributed by atoms with Crippen LogP contribution in [0.3, 0.4) is 0 Å². The number of unbranched alkanes of at least 4 members (excludes halogenated alkanes) is 5. The Labute approximate surface area is 128 Å². The van der Waals surface area contributed by atoms with Gasteiger partial charge in [-0.3, -0.25) is 4.79 Å². The summed E-state index contributed by atoms with van der Waals surface area (Å²) >= 11 is 0. The number of hydrogen-bond donors (Lipinski definition) is 0. The van der Waals surface area contributed by atoms with Crippen molar-refractivity contribution >= 4 is 5.97 Å². The number of esters is 1. The second-order valence-corrected chi connectivity index (χ2v) is 5.27. The van der Waals surface area contributed by atoms with Gasteiger partial charge in [-0.1, -0.05) is 37.8 Å². The van der Waals surface area contributed by atoms with Gasteiger partial charge in [-0.15, -0.1) is 0 Å². The van der Waals surface area contributed by atoms with Gasteiger partial charge in [-0.05, 0) is 43.9 Å². The summed E-state index contributed by atoms with van der Waals surface area (Å²) in [6.07, 6.45) is 8.72. The van der Waals surface area contributed by atoms with Crippen LogP contribution >= 0.6 is 0 Å². The van der Waals surface area contributed by atoms with Crippen molar-refractivity contribution in [3.8, 4) is 5.75 Å². The second-order valence-electron chi connectivity index (χ2n) is 5.27. The quantitative estimate of drug-likeness (QED) is 0.444. The molecule has 0 bridgehead atoms. The molecule has 3 nitrogen and oxygen atoms in total. The van der Waals surface area contributed by atoms with Crippen LogP contribution in [0.4, 0.5) is 0 Å². The minimum atomic E-state index is -0.0583. The standard InChI is InChI=1S/C18H28O3/c1-3-21-18(19)11-9-7-5-4-6-8-10-16-12-14-17(20-2)15-13-16/h12-15H,3-11H2,1-2H3. The van der Waals surface area contributed by atoms with E-state index in [2.05, 4.69) is 12.1 Å². The van der Waals surface area contributed by atoms with Crippen LogP contribution in [-0.4, -0.2) is 19.7 Å². The Bertz CT molecular complexity index is 384. The molecule has 0 saturated heterocycles. The Hall–Kier alpha value is -1.51. The van der Waals surface area contributed by atoms with E-state index in [1.165, 1.54) is 31.2 Å². The highest BCUT2D eigenvalue weighted by molar-refractivity contribution is 5.69.